The highest BCUT2D eigenvalue weighted by atomic mass is 32.2. The molecule has 0 bridgehead atoms. The molecule has 0 aliphatic heterocycles. The van der Waals surface area contributed by atoms with Crippen LogP contribution >= 0.6 is 0 Å². The van der Waals surface area contributed by atoms with Crippen molar-refractivity contribution in [3.63, 3.8) is 0 Å². The first kappa shape index (κ1) is 16.7. The number of nitro groups is 1. The van der Waals surface area contributed by atoms with Crippen LogP contribution in [0.15, 0.2) is 41.3 Å². The molecule has 0 aromatic heterocycles. The summed E-state index contributed by atoms with van der Waals surface area (Å²) in [6, 6.07) is 7.08. The first-order valence-corrected chi connectivity index (χ1v) is 7.84. The van der Waals surface area contributed by atoms with Gasteiger partial charge in [0, 0.05) is 6.07 Å². The van der Waals surface area contributed by atoms with Gasteiger partial charge in [0.15, 0.2) is 5.75 Å². The predicted molar refractivity (Wildman–Crippen MR) is 81.6 cm³/mol. The molecule has 7 nitrogen and oxygen atoms in total. The smallest absolute Gasteiger partial charge is 0.312 e. The molecule has 2 aromatic carbocycles. The Morgan fingerprint density at radius 1 is 1.22 bits per heavy atom. The van der Waals surface area contributed by atoms with Crippen molar-refractivity contribution >= 4 is 21.4 Å². The first-order chi connectivity index (χ1) is 10.7. The molecule has 122 valence electrons. The van der Waals surface area contributed by atoms with Gasteiger partial charge >= 0.3 is 5.69 Å². The SMILES string of the molecule is COc1ccc(S(=O)(=O)Nc2ccc(C)c(F)c2)cc1[N+](=O)[O-]. The second kappa shape index (κ2) is 6.21. The Morgan fingerprint density at radius 2 is 1.91 bits per heavy atom. The van der Waals surface area contributed by atoms with Gasteiger partial charge in [0.05, 0.1) is 22.6 Å². The number of nitro benzene ring substituents is 1. The van der Waals surface area contributed by atoms with Gasteiger partial charge in [0.1, 0.15) is 5.82 Å². The summed E-state index contributed by atoms with van der Waals surface area (Å²) in [4.78, 5) is 9.89. The number of nitrogens with zero attached hydrogens (tertiary/aromatic N) is 1. The minimum absolute atomic E-state index is 0.0200. The summed E-state index contributed by atoms with van der Waals surface area (Å²) in [7, 11) is -2.86. The van der Waals surface area contributed by atoms with Crippen LogP contribution in [0, 0.1) is 22.9 Å². The van der Waals surface area contributed by atoms with Crippen molar-refractivity contribution < 1.29 is 22.5 Å². The molecule has 0 heterocycles. The molecule has 0 fully saturated rings. The molecule has 0 aliphatic rings. The van der Waals surface area contributed by atoms with E-state index in [9.17, 15) is 22.9 Å². The lowest BCUT2D eigenvalue weighted by Crippen LogP contribution is -2.13. The second-order valence-corrected chi connectivity index (χ2v) is 6.34. The van der Waals surface area contributed by atoms with E-state index in [2.05, 4.69) is 4.72 Å². The number of aryl methyl sites for hydroxylation is 1. The molecular weight excluding hydrogens is 327 g/mol. The van der Waals surface area contributed by atoms with Crippen molar-refractivity contribution in [3.8, 4) is 5.75 Å². The maximum atomic E-state index is 13.5. The van der Waals surface area contributed by atoms with Crippen molar-refractivity contribution in [2.75, 3.05) is 11.8 Å². The molecular formula is C14H13FN2O5S. The minimum Gasteiger partial charge on any atom is -0.490 e. The third-order valence-corrected chi connectivity index (χ3v) is 4.46. The highest BCUT2D eigenvalue weighted by molar-refractivity contribution is 7.92. The van der Waals surface area contributed by atoms with Crippen molar-refractivity contribution in [1.82, 2.24) is 0 Å². The molecule has 0 spiro atoms. The molecule has 0 atom stereocenters. The Balaban J connectivity index is 2.41. The molecule has 2 aromatic rings. The number of methoxy groups -OCH3 is 1. The molecule has 0 aliphatic carbocycles. The fourth-order valence-electron chi connectivity index (χ4n) is 1.85. The highest BCUT2D eigenvalue weighted by Crippen LogP contribution is 2.30. The predicted octanol–water partition coefficient (Wildman–Crippen LogP) is 2.85. The van der Waals surface area contributed by atoms with Gasteiger partial charge in [-0.15, -0.1) is 0 Å². The third-order valence-electron chi connectivity index (χ3n) is 3.08. The summed E-state index contributed by atoms with van der Waals surface area (Å²) in [6.45, 7) is 1.54. The fraction of sp³-hybridized carbons (Fsp3) is 0.143. The van der Waals surface area contributed by atoms with E-state index in [-0.39, 0.29) is 16.3 Å². The number of hydrogen-bond donors (Lipinski definition) is 1. The van der Waals surface area contributed by atoms with Crippen LogP contribution in [0.2, 0.25) is 0 Å². The number of sulfonamides is 1. The molecule has 23 heavy (non-hydrogen) atoms. The topological polar surface area (TPSA) is 98.5 Å². The third kappa shape index (κ3) is 3.57. The van der Waals surface area contributed by atoms with E-state index < -0.39 is 26.5 Å². The van der Waals surface area contributed by atoms with Crippen molar-refractivity contribution in [2.24, 2.45) is 0 Å². The Kier molecular flexibility index (Phi) is 4.50. The molecule has 0 amide bonds. The quantitative estimate of drug-likeness (QED) is 0.666. The van der Waals surface area contributed by atoms with Gasteiger partial charge in [-0.3, -0.25) is 14.8 Å². The number of rotatable bonds is 5. The van der Waals surface area contributed by atoms with Crippen molar-refractivity contribution in [2.45, 2.75) is 11.8 Å². The van der Waals surface area contributed by atoms with Crippen LogP contribution < -0.4 is 9.46 Å². The lowest BCUT2D eigenvalue weighted by Gasteiger charge is -2.10. The Hall–Kier alpha value is -2.68. The van der Waals surface area contributed by atoms with E-state index in [0.717, 1.165) is 12.1 Å². The molecule has 0 saturated heterocycles. The van der Waals surface area contributed by atoms with Crippen molar-refractivity contribution in [1.29, 1.82) is 0 Å². The number of nitrogens with one attached hydrogen (secondary N) is 1. The first-order valence-electron chi connectivity index (χ1n) is 6.36. The van der Waals surface area contributed by atoms with Gasteiger partial charge in [0.25, 0.3) is 10.0 Å². The monoisotopic (exact) mass is 340 g/mol. The Bertz CT molecular complexity index is 867. The maximum Gasteiger partial charge on any atom is 0.312 e. The summed E-state index contributed by atoms with van der Waals surface area (Å²) < 4.78 is 45.0. The average Bonchev–Trinajstić information content (AvgIpc) is 2.50. The number of anilines is 1. The van der Waals surface area contributed by atoms with Crippen LogP contribution in [-0.2, 0) is 10.0 Å². The van der Waals surface area contributed by atoms with E-state index in [1.165, 1.54) is 31.4 Å². The van der Waals surface area contributed by atoms with Crippen LogP contribution in [0.5, 0.6) is 5.75 Å². The Labute approximate surface area is 131 Å². The second-order valence-electron chi connectivity index (χ2n) is 4.66. The molecule has 0 radical (unpaired) electrons. The van der Waals surface area contributed by atoms with E-state index >= 15 is 0 Å². The number of benzene rings is 2. The fourth-order valence-corrected chi connectivity index (χ4v) is 2.92. The normalized spacial score (nSPS) is 11.1. The molecule has 9 heteroatoms. The maximum absolute atomic E-state index is 13.5. The number of hydrogen-bond acceptors (Lipinski definition) is 5. The van der Waals surface area contributed by atoms with Gasteiger partial charge in [0.2, 0.25) is 0 Å². The van der Waals surface area contributed by atoms with Crippen LogP contribution in [0.25, 0.3) is 0 Å². The molecule has 0 unspecified atom stereocenters. The number of halogens is 1. The van der Waals surface area contributed by atoms with Gasteiger partial charge in [-0.25, -0.2) is 12.8 Å². The summed E-state index contributed by atoms with van der Waals surface area (Å²) in [5.74, 6) is -0.624. The molecule has 1 N–H and O–H groups in total. The van der Waals surface area contributed by atoms with Crippen LogP contribution in [0.1, 0.15) is 5.56 Å². The van der Waals surface area contributed by atoms with Crippen LogP contribution in [0.4, 0.5) is 15.8 Å². The average molecular weight is 340 g/mol. The molecule has 2 rings (SSSR count). The zero-order valence-electron chi connectivity index (χ0n) is 12.2. The zero-order chi connectivity index (χ0) is 17.2. The Morgan fingerprint density at radius 3 is 2.48 bits per heavy atom. The molecule has 0 saturated carbocycles. The summed E-state index contributed by atoms with van der Waals surface area (Å²) in [5, 5.41) is 11.0. The largest absolute Gasteiger partial charge is 0.490 e. The summed E-state index contributed by atoms with van der Waals surface area (Å²) >= 11 is 0. The van der Waals surface area contributed by atoms with Gasteiger partial charge in [-0.1, -0.05) is 6.07 Å². The minimum atomic E-state index is -4.10. The number of ether oxygens (including phenoxy) is 1. The van der Waals surface area contributed by atoms with Crippen LogP contribution in [0.3, 0.4) is 0 Å². The summed E-state index contributed by atoms with van der Waals surface area (Å²) in [5.41, 5.74) is -0.0925. The van der Waals surface area contributed by atoms with Gasteiger partial charge in [-0.2, -0.15) is 0 Å². The zero-order valence-corrected chi connectivity index (χ0v) is 13.1. The van der Waals surface area contributed by atoms with E-state index in [4.69, 9.17) is 4.74 Å². The van der Waals surface area contributed by atoms with E-state index in [0.29, 0.717) is 5.56 Å². The van der Waals surface area contributed by atoms with Crippen molar-refractivity contribution in [3.05, 3.63) is 57.9 Å². The standard InChI is InChI=1S/C14H13FN2O5S/c1-9-3-4-10(7-12(9)15)16-23(20,21)11-5-6-14(22-2)13(8-11)17(18)19/h3-8,16H,1-2H3. The lowest BCUT2D eigenvalue weighted by molar-refractivity contribution is -0.386. The van der Waals surface area contributed by atoms with E-state index in [1.54, 1.807) is 6.92 Å². The van der Waals surface area contributed by atoms with E-state index in [1.807, 2.05) is 0 Å². The van der Waals surface area contributed by atoms with Gasteiger partial charge < -0.3 is 4.74 Å². The van der Waals surface area contributed by atoms with Gasteiger partial charge in [-0.05, 0) is 36.8 Å². The highest BCUT2D eigenvalue weighted by Gasteiger charge is 2.22. The van der Waals surface area contributed by atoms with Crippen LogP contribution in [-0.4, -0.2) is 20.5 Å². The summed E-state index contributed by atoms with van der Waals surface area (Å²) in [6.07, 6.45) is 0. The lowest BCUT2D eigenvalue weighted by atomic mass is 10.2.